The molecule has 0 aliphatic carbocycles. The Bertz CT molecular complexity index is 312. The van der Waals surface area contributed by atoms with E-state index >= 15 is 0 Å². The predicted octanol–water partition coefficient (Wildman–Crippen LogP) is 2.56. The summed E-state index contributed by atoms with van der Waals surface area (Å²) in [5.41, 5.74) is 0. The van der Waals surface area contributed by atoms with Crippen molar-refractivity contribution in [2.45, 2.75) is 6.10 Å². The maximum atomic E-state index is 5.71. The lowest BCUT2D eigenvalue weighted by molar-refractivity contribution is 0.141. The molecule has 0 spiro atoms. The lowest BCUT2D eigenvalue weighted by Gasteiger charge is -2.28. The fourth-order valence-electron chi connectivity index (χ4n) is 1.10. The van der Waals surface area contributed by atoms with E-state index in [1.54, 1.807) is 0 Å². The molecule has 70 valence electrons. The third-order valence-electron chi connectivity index (χ3n) is 1.93. The van der Waals surface area contributed by atoms with Crippen LogP contribution in [0.3, 0.4) is 0 Å². The van der Waals surface area contributed by atoms with Crippen molar-refractivity contribution >= 4 is 31.9 Å². The minimum absolute atomic E-state index is 0.331. The first-order chi connectivity index (χ1) is 6.25. The van der Waals surface area contributed by atoms with Crippen molar-refractivity contribution in [3.8, 4) is 5.75 Å². The molecule has 0 atom stereocenters. The number of hydrogen-bond donors (Lipinski definition) is 1. The van der Waals surface area contributed by atoms with Crippen molar-refractivity contribution in [2.24, 2.45) is 0 Å². The molecule has 1 saturated heterocycles. The molecular formula is C9H9Br2NO. The van der Waals surface area contributed by atoms with Crippen LogP contribution >= 0.6 is 31.9 Å². The first-order valence-electron chi connectivity index (χ1n) is 4.08. The average Bonchev–Trinajstić information content (AvgIpc) is 1.99. The van der Waals surface area contributed by atoms with Gasteiger partial charge in [0.15, 0.2) is 0 Å². The molecule has 1 heterocycles. The van der Waals surface area contributed by atoms with Gasteiger partial charge in [0, 0.05) is 17.6 Å². The van der Waals surface area contributed by atoms with Gasteiger partial charge in [0.05, 0.1) is 4.47 Å². The maximum Gasteiger partial charge on any atom is 0.134 e. The number of hydrogen-bond acceptors (Lipinski definition) is 2. The zero-order chi connectivity index (χ0) is 9.26. The molecule has 4 heteroatoms. The second kappa shape index (κ2) is 3.98. The van der Waals surface area contributed by atoms with Gasteiger partial charge in [0.2, 0.25) is 0 Å². The molecule has 0 bridgehead atoms. The van der Waals surface area contributed by atoms with Gasteiger partial charge in [-0.2, -0.15) is 0 Å². The molecule has 0 unspecified atom stereocenters. The Morgan fingerprint density at radius 2 is 2.08 bits per heavy atom. The van der Waals surface area contributed by atoms with Gasteiger partial charge in [-0.15, -0.1) is 0 Å². The highest BCUT2D eigenvalue weighted by molar-refractivity contribution is 9.11. The minimum Gasteiger partial charge on any atom is -0.487 e. The van der Waals surface area contributed by atoms with Crippen molar-refractivity contribution in [3.05, 3.63) is 27.1 Å². The standard InChI is InChI=1S/C9H9Br2NO/c10-6-1-2-9(8(11)3-6)13-7-4-12-5-7/h1-3,7,12H,4-5H2. The number of ether oxygens (including phenoxy) is 1. The van der Waals surface area contributed by atoms with E-state index in [1.807, 2.05) is 18.2 Å². The lowest BCUT2D eigenvalue weighted by atomic mass is 10.2. The minimum atomic E-state index is 0.331. The van der Waals surface area contributed by atoms with Gasteiger partial charge in [-0.25, -0.2) is 0 Å². The van der Waals surface area contributed by atoms with Gasteiger partial charge in [0.1, 0.15) is 11.9 Å². The molecule has 0 radical (unpaired) electrons. The Balaban J connectivity index is 2.10. The Morgan fingerprint density at radius 3 is 2.62 bits per heavy atom. The van der Waals surface area contributed by atoms with Crippen LogP contribution < -0.4 is 10.1 Å². The Kier molecular flexibility index (Phi) is 2.91. The van der Waals surface area contributed by atoms with Crippen LogP contribution in [0.15, 0.2) is 27.1 Å². The molecule has 1 aromatic rings. The SMILES string of the molecule is Brc1ccc(OC2CNC2)c(Br)c1. The summed E-state index contributed by atoms with van der Waals surface area (Å²) in [5, 5.41) is 3.16. The van der Waals surface area contributed by atoms with E-state index in [0.717, 1.165) is 27.8 Å². The summed E-state index contributed by atoms with van der Waals surface area (Å²) >= 11 is 6.85. The molecule has 0 amide bonds. The van der Waals surface area contributed by atoms with Gasteiger partial charge < -0.3 is 10.1 Å². The average molecular weight is 307 g/mol. The van der Waals surface area contributed by atoms with Crippen molar-refractivity contribution in [3.63, 3.8) is 0 Å². The molecule has 2 rings (SSSR count). The lowest BCUT2D eigenvalue weighted by Crippen LogP contribution is -2.50. The summed E-state index contributed by atoms with van der Waals surface area (Å²) in [4.78, 5) is 0. The maximum absolute atomic E-state index is 5.71. The molecule has 1 aliphatic rings. The fraction of sp³-hybridized carbons (Fsp3) is 0.333. The summed E-state index contributed by atoms with van der Waals surface area (Å²) in [7, 11) is 0. The molecule has 1 fully saturated rings. The Morgan fingerprint density at radius 1 is 1.31 bits per heavy atom. The van der Waals surface area contributed by atoms with Crippen LogP contribution in [0.25, 0.3) is 0 Å². The Labute approximate surface area is 93.9 Å². The van der Waals surface area contributed by atoms with E-state index in [2.05, 4.69) is 37.2 Å². The van der Waals surface area contributed by atoms with Crippen LogP contribution in [0.5, 0.6) is 5.75 Å². The monoisotopic (exact) mass is 305 g/mol. The summed E-state index contributed by atoms with van der Waals surface area (Å²) in [5.74, 6) is 0.912. The number of nitrogens with one attached hydrogen (secondary N) is 1. The summed E-state index contributed by atoms with van der Waals surface area (Å²) in [6, 6.07) is 5.93. The highest BCUT2D eigenvalue weighted by Gasteiger charge is 2.19. The van der Waals surface area contributed by atoms with E-state index in [9.17, 15) is 0 Å². The first-order valence-corrected chi connectivity index (χ1v) is 5.67. The topological polar surface area (TPSA) is 21.3 Å². The summed E-state index contributed by atoms with van der Waals surface area (Å²) in [6.45, 7) is 1.89. The van der Waals surface area contributed by atoms with Gasteiger partial charge in [-0.3, -0.25) is 0 Å². The zero-order valence-corrected chi connectivity index (χ0v) is 10.1. The summed E-state index contributed by atoms with van der Waals surface area (Å²) in [6.07, 6.45) is 0.331. The van der Waals surface area contributed by atoms with Crippen molar-refractivity contribution < 1.29 is 4.74 Å². The number of rotatable bonds is 2. The molecular weight excluding hydrogens is 298 g/mol. The smallest absolute Gasteiger partial charge is 0.134 e. The highest BCUT2D eigenvalue weighted by atomic mass is 79.9. The van der Waals surface area contributed by atoms with E-state index in [4.69, 9.17) is 4.74 Å². The van der Waals surface area contributed by atoms with Crippen LogP contribution in [-0.4, -0.2) is 19.2 Å². The number of halogens is 2. The van der Waals surface area contributed by atoms with E-state index in [-0.39, 0.29) is 0 Å². The normalized spacial score (nSPS) is 16.8. The van der Waals surface area contributed by atoms with Gasteiger partial charge in [0.25, 0.3) is 0 Å². The highest BCUT2D eigenvalue weighted by Crippen LogP contribution is 2.29. The van der Waals surface area contributed by atoms with Gasteiger partial charge >= 0.3 is 0 Å². The first kappa shape index (κ1) is 9.49. The van der Waals surface area contributed by atoms with Crippen molar-refractivity contribution in [2.75, 3.05) is 13.1 Å². The zero-order valence-electron chi connectivity index (χ0n) is 6.89. The van der Waals surface area contributed by atoms with Gasteiger partial charge in [-0.1, -0.05) is 15.9 Å². The van der Waals surface area contributed by atoms with Crippen LogP contribution in [0.1, 0.15) is 0 Å². The third kappa shape index (κ3) is 2.24. The van der Waals surface area contributed by atoms with E-state index in [0.29, 0.717) is 6.10 Å². The van der Waals surface area contributed by atoms with Crippen molar-refractivity contribution in [1.82, 2.24) is 5.32 Å². The van der Waals surface area contributed by atoms with E-state index in [1.165, 1.54) is 0 Å². The molecule has 1 aromatic carbocycles. The molecule has 1 N–H and O–H groups in total. The van der Waals surface area contributed by atoms with Gasteiger partial charge in [-0.05, 0) is 34.1 Å². The van der Waals surface area contributed by atoms with Crippen LogP contribution in [0.2, 0.25) is 0 Å². The second-order valence-electron chi connectivity index (χ2n) is 2.97. The van der Waals surface area contributed by atoms with Crippen LogP contribution in [0.4, 0.5) is 0 Å². The van der Waals surface area contributed by atoms with Crippen LogP contribution in [-0.2, 0) is 0 Å². The molecule has 1 aliphatic heterocycles. The molecule has 13 heavy (non-hydrogen) atoms. The number of benzene rings is 1. The van der Waals surface area contributed by atoms with Crippen LogP contribution in [0, 0.1) is 0 Å². The molecule has 0 saturated carbocycles. The molecule has 0 aromatic heterocycles. The summed E-state index contributed by atoms with van der Waals surface area (Å²) < 4.78 is 7.75. The second-order valence-corrected chi connectivity index (χ2v) is 4.74. The van der Waals surface area contributed by atoms with Crippen molar-refractivity contribution in [1.29, 1.82) is 0 Å². The largest absolute Gasteiger partial charge is 0.487 e. The third-order valence-corrected chi connectivity index (χ3v) is 3.04. The Hall–Kier alpha value is -0.0600. The quantitative estimate of drug-likeness (QED) is 0.907. The fourth-order valence-corrected chi connectivity index (χ4v) is 2.24. The predicted molar refractivity (Wildman–Crippen MR) is 59.1 cm³/mol. The van der Waals surface area contributed by atoms with E-state index < -0.39 is 0 Å². The molecule has 2 nitrogen and oxygen atoms in total.